The number of thioether (sulfide) groups is 1. The summed E-state index contributed by atoms with van der Waals surface area (Å²) >= 11 is 1.21. The van der Waals surface area contributed by atoms with Crippen LogP contribution in [-0.2, 0) is 11.8 Å². The molecule has 0 radical (unpaired) electrons. The fraction of sp³-hybridized carbons (Fsp3) is 0.267. The van der Waals surface area contributed by atoms with E-state index in [0.717, 1.165) is 5.69 Å². The zero-order valence-corrected chi connectivity index (χ0v) is 13.2. The summed E-state index contributed by atoms with van der Waals surface area (Å²) in [5, 5.41) is 11.1. The van der Waals surface area contributed by atoms with E-state index in [-0.39, 0.29) is 28.7 Å². The summed E-state index contributed by atoms with van der Waals surface area (Å²) in [6.45, 7) is 1.78. The Bertz CT molecular complexity index is 771. The lowest BCUT2D eigenvalue weighted by atomic mass is 10.3. The predicted molar refractivity (Wildman–Crippen MR) is 87.3 cm³/mol. The highest BCUT2D eigenvalue weighted by molar-refractivity contribution is 8.00. The molecule has 0 bridgehead atoms. The van der Waals surface area contributed by atoms with E-state index in [1.54, 1.807) is 18.7 Å². The van der Waals surface area contributed by atoms with Crippen LogP contribution in [0.3, 0.4) is 0 Å². The fourth-order valence-electron chi connectivity index (χ4n) is 2.08. The number of nitrogens with one attached hydrogen (secondary N) is 1. The van der Waals surface area contributed by atoms with Gasteiger partial charge in [0, 0.05) is 7.05 Å². The molecule has 0 aliphatic rings. The van der Waals surface area contributed by atoms with Crippen molar-refractivity contribution in [2.75, 3.05) is 16.8 Å². The van der Waals surface area contributed by atoms with Crippen molar-refractivity contribution in [1.29, 1.82) is 5.26 Å². The molecule has 0 spiro atoms. The van der Waals surface area contributed by atoms with Crippen molar-refractivity contribution in [3.8, 4) is 11.8 Å². The molecule has 1 amide bonds. The Hall–Kier alpha value is -2.46. The molecule has 0 aliphatic heterocycles. The molecule has 1 aromatic carbocycles. The smallest absolute Gasteiger partial charge is 0.295 e. The molecule has 2 aromatic rings. The number of anilines is 1. The minimum atomic E-state index is -0.286. The Labute approximate surface area is 132 Å². The molecule has 22 heavy (non-hydrogen) atoms. The number of hydrogen-bond donors (Lipinski definition) is 1. The Morgan fingerprint density at radius 3 is 2.68 bits per heavy atom. The monoisotopic (exact) mass is 316 g/mol. The summed E-state index contributed by atoms with van der Waals surface area (Å²) in [7, 11) is 1.77. The predicted octanol–water partition coefficient (Wildman–Crippen LogP) is 1.68. The number of aromatic nitrogens is 2. The third kappa shape index (κ3) is 3.23. The van der Waals surface area contributed by atoms with Gasteiger partial charge in [0.2, 0.25) is 5.91 Å². The van der Waals surface area contributed by atoms with E-state index in [1.807, 2.05) is 36.4 Å². The average molecular weight is 316 g/mol. The standard InChI is InChI=1S/C15H16N4O2S/c1-11-14(17-13(20)10-22-9-8-16)15(21)19(18(11)2)12-6-4-3-5-7-12/h3-7H,9-10H2,1-2H3,(H,17,20). The topological polar surface area (TPSA) is 79.8 Å². The number of benzene rings is 1. The van der Waals surface area contributed by atoms with Gasteiger partial charge in [-0.1, -0.05) is 18.2 Å². The first-order valence-electron chi connectivity index (χ1n) is 6.65. The summed E-state index contributed by atoms with van der Waals surface area (Å²) in [4.78, 5) is 24.4. The molecule has 6 nitrogen and oxygen atoms in total. The lowest BCUT2D eigenvalue weighted by Crippen LogP contribution is -2.23. The largest absolute Gasteiger partial charge is 0.319 e. The first kappa shape index (κ1) is 15.9. The summed E-state index contributed by atoms with van der Waals surface area (Å²) in [5.74, 6) is 0.105. The Morgan fingerprint density at radius 2 is 2.05 bits per heavy atom. The average Bonchev–Trinajstić information content (AvgIpc) is 2.72. The van der Waals surface area contributed by atoms with E-state index in [2.05, 4.69) is 5.32 Å². The summed E-state index contributed by atoms with van der Waals surface area (Å²) in [6.07, 6.45) is 0. The summed E-state index contributed by atoms with van der Waals surface area (Å²) in [6, 6.07) is 11.2. The van der Waals surface area contributed by atoms with Crippen LogP contribution >= 0.6 is 11.8 Å². The molecular weight excluding hydrogens is 300 g/mol. The van der Waals surface area contributed by atoms with Gasteiger partial charge in [0.05, 0.1) is 29.0 Å². The van der Waals surface area contributed by atoms with Crippen molar-refractivity contribution in [1.82, 2.24) is 9.36 Å². The number of rotatable bonds is 5. The van der Waals surface area contributed by atoms with Crippen molar-refractivity contribution in [3.05, 3.63) is 46.4 Å². The van der Waals surface area contributed by atoms with Crippen LogP contribution in [0, 0.1) is 18.3 Å². The molecule has 0 saturated carbocycles. The zero-order valence-electron chi connectivity index (χ0n) is 12.4. The number of carbonyl (C=O) groups is 1. The second-order valence-corrected chi connectivity index (χ2v) is 5.62. The normalized spacial score (nSPS) is 10.2. The number of nitrogens with zero attached hydrogens (tertiary/aromatic N) is 3. The lowest BCUT2D eigenvalue weighted by Gasteiger charge is -2.07. The third-order valence-corrected chi connectivity index (χ3v) is 4.02. The molecular formula is C15H16N4O2S. The van der Waals surface area contributed by atoms with Crippen LogP contribution in [0.15, 0.2) is 35.1 Å². The van der Waals surface area contributed by atoms with E-state index < -0.39 is 0 Å². The highest BCUT2D eigenvalue weighted by atomic mass is 32.2. The van der Waals surface area contributed by atoms with Crippen LogP contribution in [0.5, 0.6) is 0 Å². The van der Waals surface area contributed by atoms with Gasteiger partial charge in [0.1, 0.15) is 5.69 Å². The van der Waals surface area contributed by atoms with E-state index in [9.17, 15) is 9.59 Å². The third-order valence-electron chi connectivity index (χ3n) is 3.22. The Balaban J connectivity index is 2.30. The quantitative estimate of drug-likeness (QED) is 0.851. The van der Waals surface area contributed by atoms with Crippen LogP contribution in [0.25, 0.3) is 5.69 Å². The minimum Gasteiger partial charge on any atom is -0.319 e. The maximum Gasteiger partial charge on any atom is 0.295 e. The van der Waals surface area contributed by atoms with Gasteiger partial charge in [-0.25, -0.2) is 4.68 Å². The van der Waals surface area contributed by atoms with Gasteiger partial charge in [0.25, 0.3) is 5.56 Å². The number of para-hydroxylation sites is 1. The lowest BCUT2D eigenvalue weighted by molar-refractivity contribution is -0.113. The Morgan fingerprint density at radius 1 is 1.36 bits per heavy atom. The molecule has 0 fully saturated rings. The van der Waals surface area contributed by atoms with Crippen LogP contribution in [0.1, 0.15) is 5.69 Å². The van der Waals surface area contributed by atoms with Gasteiger partial charge in [-0.15, -0.1) is 11.8 Å². The molecule has 1 aromatic heterocycles. The molecule has 2 rings (SSSR count). The van der Waals surface area contributed by atoms with Gasteiger partial charge >= 0.3 is 0 Å². The zero-order chi connectivity index (χ0) is 16.1. The summed E-state index contributed by atoms with van der Waals surface area (Å²) < 4.78 is 3.21. The number of amides is 1. The summed E-state index contributed by atoms with van der Waals surface area (Å²) in [5.41, 5.74) is 1.41. The van der Waals surface area contributed by atoms with Crippen molar-refractivity contribution < 1.29 is 4.79 Å². The highest BCUT2D eigenvalue weighted by Crippen LogP contribution is 2.14. The first-order valence-corrected chi connectivity index (χ1v) is 7.80. The molecule has 7 heteroatoms. The van der Waals surface area contributed by atoms with E-state index in [1.165, 1.54) is 16.4 Å². The number of carbonyl (C=O) groups excluding carboxylic acids is 1. The van der Waals surface area contributed by atoms with Gasteiger partial charge in [-0.2, -0.15) is 5.26 Å². The maximum absolute atomic E-state index is 12.5. The van der Waals surface area contributed by atoms with Crippen LogP contribution in [0.4, 0.5) is 5.69 Å². The SMILES string of the molecule is Cc1c(NC(=O)CSCC#N)c(=O)n(-c2ccccc2)n1C. The first-order chi connectivity index (χ1) is 10.6. The molecule has 0 aliphatic carbocycles. The van der Waals surface area contributed by atoms with E-state index in [0.29, 0.717) is 5.69 Å². The van der Waals surface area contributed by atoms with Crippen LogP contribution in [-0.4, -0.2) is 26.8 Å². The molecule has 0 unspecified atom stereocenters. The fourth-order valence-corrected chi connectivity index (χ4v) is 2.53. The Kier molecular flexibility index (Phi) is 5.07. The second kappa shape index (κ2) is 7.00. The minimum absolute atomic E-state index is 0.146. The molecule has 0 atom stereocenters. The van der Waals surface area contributed by atoms with Gasteiger partial charge < -0.3 is 5.32 Å². The maximum atomic E-state index is 12.5. The number of hydrogen-bond acceptors (Lipinski definition) is 4. The second-order valence-electron chi connectivity index (χ2n) is 4.64. The van der Waals surface area contributed by atoms with E-state index in [4.69, 9.17) is 5.26 Å². The van der Waals surface area contributed by atoms with Crippen molar-refractivity contribution >= 4 is 23.4 Å². The van der Waals surface area contributed by atoms with Crippen molar-refractivity contribution in [2.24, 2.45) is 7.05 Å². The van der Waals surface area contributed by atoms with Crippen LogP contribution < -0.4 is 10.9 Å². The molecule has 0 saturated heterocycles. The molecule has 114 valence electrons. The van der Waals surface area contributed by atoms with Gasteiger partial charge in [-0.05, 0) is 19.1 Å². The van der Waals surface area contributed by atoms with Crippen molar-refractivity contribution in [2.45, 2.75) is 6.92 Å². The van der Waals surface area contributed by atoms with Crippen LogP contribution in [0.2, 0.25) is 0 Å². The number of nitriles is 1. The van der Waals surface area contributed by atoms with Crippen molar-refractivity contribution in [3.63, 3.8) is 0 Å². The van der Waals surface area contributed by atoms with Gasteiger partial charge in [0.15, 0.2) is 0 Å². The highest BCUT2D eigenvalue weighted by Gasteiger charge is 2.17. The molecule has 1 heterocycles. The van der Waals surface area contributed by atoms with E-state index >= 15 is 0 Å². The molecule has 1 N–H and O–H groups in total. The van der Waals surface area contributed by atoms with Gasteiger partial charge in [-0.3, -0.25) is 14.3 Å².